The molecule has 0 fully saturated rings. The van der Waals surface area contributed by atoms with Crippen LogP contribution in [-0.4, -0.2) is 29.6 Å². The number of carbonyl (C=O) groups is 2. The van der Waals surface area contributed by atoms with E-state index in [1.54, 1.807) is 24.3 Å². The highest BCUT2D eigenvalue weighted by Gasteiger charge is 2.02. The van der Waals surface area contributed by atoms with E-state index in [0.717, 1.165) is 24.6 Å². The molecular formula is C16H22N2O3. The molecule has 0 saturated carbocycles. The molecule has 0 spiro atoms. The third-order valence-corrected chi connectivity index (χ3v) is 2.75. The Morgan fingerprint density at radius 2 is 1.90 bits per heavy atom. The lowest BCUT2D eigenvalue weighted by Gasteiger charge is -2.08. The van der Waals surface area contributed by atoms with Crippen LogP contribution in [0, 0.1) is 0 Å². The van der Waals surface area contributed by atoms with Crippen LogP contribution in [0.2, 0.25) is 0 Å². The summed E-state index contributed by atoms with van der Waals surface area (Å²) in [6.07, 6.45) is 3.85. The molecule has 0 aliphatic rings. The van der Waals surface area contributed by atoms with Crippen molar-refractivity contribution in [1.29, 1.82) is 0 Å². The molecule has 21 heavy (non-hydrogen) atoms. The van der Waals surface area contributed by atoms with Gasteiger partial charge in [-0.05, 0) is 36.7 Å². The van der Waals surface area contributed by atoms with E-state index in [-0.39, 0.29) is 5.91 Å². The average molecular weight is 290 g/mol. The van der Waals surface area contributed by atoms with E-state index in [2.05, 4.69) is 24.5 Å². The van der Waals surface area contributed by atoms with Crippen molar-refractivity contribution in [3.8, 4) is 0 Å². The van der Waals surface area contributed by atoms with Crippen molar-refractivity contribution >= 4 is 23.6 Å². The first-order valence-electron chi connectivity index (χ1n) is 7.01. The van der Waals surface area contributed by atoms with Gasteiger partial charge in [-0.25, -0.2) is 4.79 Å². The summed E-state index contributed by atoms with van der Waals surface area (Å²) in [5.41, 5.74) is 1.49. The fraction of sp³-hybridized carbons (Fsp3) is 0.375. The van der Waals surface area contributed by atoms with Gasteiger partial charge in [0.15, 0.2) is 0 Å². The first kappa shape index (κ1) is 16.9. The Labute approximate surface area is 125 Å². The minimum absolute atomic E-state index is 0.0191. The molecule has 5 nitrogen and oxygen atoms in total. The van der Waals surface area contributed by atoms with Crippen LogP contribution < -0.4 is 10.6 Å². The Balaban J connectivity index is 2.37. The molecule has 0 aliphatic carbocycles. The summed E-state index contributed by atoms with van der Waals surface area (Å²) in [6.45, 7) is 4.96. The third kappa shape index (κ3) is 7.89. The number of amides is 1. The van der Waals surface area contributed by atoms with Gasteiger partial charge in [-0.2, -0.15) is 0 Å². The van der Waals surface area contributed by atoms with Crippen molar-refractivity contribution in [3.63, 3.8) is 0 Å². The molecule has 1 rings (SSSR count). The summed E-state index contributed by atoms with van der Waals surface area (Å²) in [6, 6.07) is 7.46. The van der Waals surface area contributed by atoms with Crippen molar-refractivity contribution < 1.29 is 14.7 Å². The monoisotopic (exact) mass is 290 g/mol. The van der Waals surface area contributed by atoms with Gasteiger partial charge < -0.3 is 15.7 Å². The van der Waals surface area contributed by atoms with E-state index in [9.17, 15) is 9.59 Å². The molecule has 114 valence electrons. The number of carboxylic acids is 1. The maximum atomic E-state index is 11.7. The Morgan fingerprint density at radius 3 is 2.48 bits per heavy atom. The number of hydrogen-bond acceptors (Lipinski definition) is 3. The van der Waals surface area contributed by atoms with Gasteiger partial charge in [-0.15, -0.1) is 0 Å². The van der Waals surface area contributed by atoms with E-state index in [0.29, 0.717) is 18.2 Å². The molecule has 0 unspecified atom stereocenters. The minimum Gasteiger partial charge on any atom is -0.478 e. The van der Waals surface area contributed by atoms with Crippen LogP contribution >= 0.6 is 0 Å². The van der Waals surface area contributed by atoms with Crippen LogP contribution in [0.4, 0.5) is 5.69 Å². The summed E-state index contributed by atoms with van der Waals surface area (Å²) in [7, 11) is 0. The molecule has 1 aromatic rings. The zero-order valence-electron chi connectivity index (χ0n) is 12.4. The fourth-order valence-corrected chi connectivity index (χ4v) is 1.71. The number of carbonyl (C=O) groups excluding carboxylic acids is 1. The first-order valence-corrected chi connectivity index (χ1v) is 7.01. The molecule has 0 heterocycles. The summed E-state index contributed by atoms with van der Waals surface area (Å²) < 4.78 is 0. The number of benzene rings is 1. The lowest BCUT2D eigenvalue weighted by Crippen LogP contribution is -2.24. The lowest BCUT2D eigenvalue weighted by atomic mass is 10.2. The number of aliphatic carboxylic acids is 1. The van der Waals surface area contributed by atoms with Crippen LogP contribution in [0.1, 0.15) is 32.3 Å². The summed E-state index contributed by atoms with van der Waals surface area (Å²) in [4.78, 5) is 22.1. The van der Waals surface area contributed by atoms with Gasteiger partial charge in [0, 0.05) is 24.2 Å². The maximum absolute atomic E-state index is 11.7. The molecule has 0 bridgehead atoms. The summed E-state index contributed by atoms with van der Waals surface area (Å²) >= 11 is 0. The second kappa shape index (κ2) is 8.92. The topological polar surface area (TPSA) is 78.4 Å². The van der Waals surface area contributed by atoms with Crippen LogP contribution in [0.5, 0.6) is 0 Å². The fourth-order valence-electron chi connectivity index (χ4n) is 1.71. The summed E-state index contributed by atoms with van der Waals surface area (Å²) in [5, 5.41) is 14.6. The number of nitrogens with one attached hydrogen (secondary N) is 2. The minimum atomic E-state index is -0.984. The average Bonchev–Trinajstić information content (AvgIpc) is 2.42. The van der Waals surface area contributed by atoms with Crippen molar-refractivity contribution in [3.05, 3.63) is 35.9 Å². The van der Waals surface area contributed by atoms with Gasteiger partial charge in [0.2, 0.25) is 5.91 Å². The Kier molecular flexibility index (Phi) is 7.18. The van der Waals surface area contributed by atoms with E-state index in [1.807, 2.05) is 0 Å². The highest BCUT2D eigenvalue weighted by atomic mass is 16.4. The standard InChI is InChI=1S/C16H22N2O3/c1-12(2)17-11-3-4-15(19)18-14-8-5-13(6-9-14)7-10-16(20)21/h5-10,12,17H,3-4,11H2,1-2H3,(H,18,19)(H,20,21)/b10-7+. The van der Waals surface area contributed by atoms with Gasteiger partial charge in [0.1, 0.15) is 0 Å². The van der Waals surface area contributed by atoms with Gasteiger partial charge in [0.05, 0.1) is 0 Å². The zero-order chi connectivity index (χ0) is 15.7. The number of anilines is 1. The molecule has 3 N–H and O–H groups in total. The van der Waals surface area contributed by atoms with Crippen molar-refractivity contribution in [2.24, 2.45) is 0 Å². The second-order valence-electron chi connectivity index (χ2n) is 5.05. The zero-order valence-corrected chi connectivity index (χ0v) is 12.4. The molecule has 5 heteroatoms. The number of rotatable bonds is 8. The second-order valence-corrected chi connectivity index (χ2v) is 5.05. The molecule has 1 amide bonds. The van der Waals surface area contributed by atoms with Crippen LogP contribution in [0.15, 0.2) is 30.3 Å². The molecule has 0 atom stereocenters. The Hall–Kier alpha value is -2.14. The van der Waals surface area contributed by atoms with Gasteiger partial charge in [0.25, 0.3) is 0 Å². The van der Waals surface area contributed by atoms with E-state index >= 15 is 0 Å². The lowest BCUT2D eigenvalue weighted by molar-refractivity contribution is -0.131. The van der Waals surface area contributed by atoms with Gasteiger partial charge in [-0.1, -0.05) is 26.0 Å². The van der Waals surface area contributed by atoms with Crippen molar-refractivity contribution in [2.75, 3.05) is 11.9 Å². The van der Waals surface area contributed by atoms with Crippen LogP contribution in [0.25, 0.3) is 6.08 Å². The molecular weight excluding hydrogens is 268 g/mol. The summed E-state index contributed by atoms with van der Waals surface area (Å²) in [5.74, 6) is -1.00. The molecule has 1 aromatic carbocycles. The quantitative estimate of drug-likeness (QED) is 0.508. The Bertz CT molecular complexity index is 493. The number of hydrogen-bond donors (Lipinski definition) is 3. The van der Waals surface area contributed by atoms with E-state index < -0.39 is 5.97 Å². The molecule has 0 radical (unpaired) electrons. The maximum Gasteiger partial charge on any atom is 0.328 e. The molecule has 0 saturated heterocycles. The normalized spacial score (nSPS) is 11.0. The predicted octanol–water partition coefficient (Wildman–Crippen LogP) is 2.50. The highest BCUT2D eigenvalue weighted by Crippen LogP contribution is 2.11. The van der Waals surface area contributed by atoms with Crippen LogP contribution in [-0.2, 0) is 9.59 Å². The SMILES string of the molecule is CC(C)NCCCC(=O)Nc1ccc(/C=C/C(=O)O)cc1. The predicted molar refractivity (Wildman–Crippen MR) is 84.1 cm³/mol. The smallest absolute Gasteiger partial charge is 0.328 e. The van der Waals surface area contributed by atoms with Gasteiger partial charge >= 0.3 is 5.97 Å². The van der Waals surface area contributed by atoms with E-state index in [4.69, 9.17) is 5.11 Å². The third-order valence-electron chi connectivity index (χ3n) is 2.75. The van der Waals surface area contributed by atoms with Crippen molar-refractivity contribution in [2.45, 2.75) is 32.7 Å². The highest BCUT2D eigenvalue weighted by molar-refractivity contribution is 5.91. The first-order chi connectivity index (χ1) is 9.97. The van der Waals surface area contributed by atoms with Crippen molar-refractivity contribution in [1.82, 2.24) is 5.32 Å². The molecule has 0 aliphatic heterocycles. The number of carboxylic acid groups (broad SMARTS) is 1. The largest absolute Gasteiger partial charge is 0.478 e. The van der Waals surface area contributed by atoms with E-state index in [1.165, 1.54) is 6.08 Å². The van der Waals surface area contributed by atoms with Crippen LogP contribution in [0.3, 0.4) is 0 Å². The molecule has 0 aromatic heterocycles. The Morgan fingerprint density at radius 1 is 1.24 bits per heavy atom. The van der Waals surface area contributed by atoms with Gasteiger partial charge in [-0.3, -0.25) is 4.79 Å².